The Hall–Kier alpha value is -0.530. The maximum absolute atomic E-state index is 11.7. The number of hydrogen-bond donors (Lipinski definition) is 0. The van der Waals surface area contributed by atoms with Gasteiger partial charge in [-0.1, -0.05) is 43.1 Å². The summed E-state index contributed by atoms with van der Waals surface area (Å²) in [5.41, 5.74) is 0.933. The smallest absolute Gasteiger partial charge is 0.140 e. The number of hydrogen-bond acceptors (Lipinski definition) is 1. The Morgan fingerprint density at radius 2 is 2.00 bits per heavy atom. The second-order valence-electron chi connectivity index (χ2n) is 3.61. The van der Waals surface area contributed by atoms with Crippen LogP contribution in [0.5, 0.6) is 0 Å². The van der Waals surface area contributed by atoms with Gasteiger partial charge >= 0.3 is 0 Å². The molecular weight excluding hydrogens is 231 g/mol. The summed E-state index contributed by atoms with van der Waals surface area (Å²) in [6, 6.07) is 5.35. The lowest BCUT2D eigenvalue weighted by molar-refractivity contribution is -0.120. The van der Waals surface area contributed by atoms with Crippen LogP contribution in [0.25, 0.3) is 0 Å². The fourth-order valence-electron chi connectivity index (χ4n) is 1.43. The van der Waals surface area contributed by atoms with E-state index in [1.807, 2.05) is 19.9 Å². The summed E-state index contributed by atoms with van der Waals surface area (Å²) >= 11 is 11.7. The minimum absolute atomic E-state index is 0.0975. The first-order valence-electron chi connectivity index (χ1n) is 5.04. The van der Waals surface area contributed by atoms with Crippen molar-refractivity contribution in [3.8, 4) is 0 Å². The predicted molar refractivity (Wildman–Crippen MR) is 64.8 cm³/mol. The molecule has 1 nitrogen and oxygen atoms in total. The molecule has 1 atom stereocenters. The van der Waals surface area contributed by atoms with Crippen molar-refractivity contribution in [3.05, 3.63) is 33.8 Å². The third kappa shape index (κ3) is 3.22. The molecule has 3 heteroatoms. The van der Waals surface area contributed by atoms with E-state index in [-0.39, 0.29) is 11.7 Å². The highest BCUT2D eigenvalue weighted by molar-refractivity contribution is 6.42. The molecule has 15 heavy (non-hydrogen) atoms. The van der Waals surface area contributed by atoms with Crippen molar-refractivity contribution in [3.63, 3.8) is 0 Å². The van der Waals surface area contributed by atoms with Crippen LogP contribution in [0.3, 0.4) is 0 Å². The van der Waals surface area contributed by atoms with Gasteiger partial charge in [-0.15, -0.1) is 0 Å². The van der Waals surface area contributed by atoms with Crippen LogP contribution < -0.4 is 0 Å². The van der Waals surface area contributed by atoms with E-state index in [0.717, 1.165) is 12.0 Å². The molecule has 1 unspecified atom stereocenters. The summed E-state index contributed by atoms with van der Waals surface area (Å²) in [5.74, 6) is 0.149. The van der Waals surface area contributed by atoms with Crippen molar-refractivity contribution in [2.24, 2.45) is 0 Å². The second kappa shape index (κ2) is 5.53. The van der Waals surface area contributed by atoms with E-state index in [1.165, 1.54) is 0 Å². The number of rotatable bonds is 4. The topological polar surface area (TPSA) is 17.1 Å². The number of halogens is 2. The van der Waals surface area contributed by atoms with Crippen molar-refractivity contribution in [2.75, 3.05) is 0 Å². The largest absolute Gasteiger partial charge is 0.299 e. The van der Waals surface area contributed by atoms with Gasteiger partial charge in [0.25, 0.3) is 0 Å². The SMILES string of the molecule is CCCC(=O)C(C)c1ccc(Cl)c(Cl)c1. The summed E-state index contributed by atoms with van der Waals surface area (Å²) in [4.78, 5) is 11.7. The van der Waals surface area contributed by atoms with Gasteiger partial charge in [0, 0.05) is 12.3 Å². The van der Waals surface area contributed by atoms with Crippen LogP contribution in [0.1, 0.15) is 38.2 Å². The molecule has 0 bridgehead atoms. The molecule has 0 radical (unpaired) electrons. The molecule has 0 aliphatic rings. The molecule has 0 aliphatic carbocycles. The highest BCUT2D eigenvalue weighted by Gasteiger charge is 2.14. The number of Topliss-reactive ketones (excluding diaryl/α,β-unsaturated/α-hetero) is 1. The van der Waals surface area contributed by atoms with Crippen molar-refractivity contribution in [1.29, 1.82) is 0 Å². The van der Waals surface area contributed by atoms with Gasteiger partial charge in [-0.25, -0.2) is 0 Å². The lowest BCUT2D eigenvalue weighted by Gasteiger charge is -2.10. The molecule has 0 N–H and O–H groups in total. The highest BCUT2D eigenvalue weighted by atomic mass is 35.5. The van der Waals surface area contributed by atoms with Gasteiger partial charge in [0.1, 0.15) is 5.78 Å². The quantitative estimate of drug-likeness (QED) is 0.764. The van der Waals surface area contributed by atoms with E-state index in [1.54, 1.807) is 12.1 Å². The Morgan fingerprint density at radius 1 is 1.33 bits per heavy atom. The molecule has 1 rings (SSSR count). The average molecular weight is 245 g/mol. The van der Waals surface area contributed by atoms with Gasteiger partial charge in [-0.05, 0) is 24.1 Å². The highest BCUT2D eigenvalue weighted by Crippen LogP contribution is 2.27. The predicted octanol–water partition coefficient (Wildman–Crippen LogP) is 4.47. The molecule has 0 saturated carbocycles. The van der Waals surface area contributed by atoms with Crippen LogP contribution in [-0.4, -0.2) is 5.78 Å². The van der Waals surface area contributed by atoms with Crippen molar-refractivity contribution in [2.45, 2.75) is 32.6 Å². The Bertz CT molecular complexity index is 361. The number of benzene rings is 1. The fraction of sp³-hybridized carbons (Fsp3) is 0.417. The first kappa shape index (κ1) is 12.5. The third-order valence-electron chi connectivity index (χ3n) is 2.42. The van der Waals surface area contributed by atoms with Crippen molar-refractivity contribution >= 4 is 29.0 Å². The van der Waals surface area contributed by atoms with Gasteiger partial charge < -0.3 is 0 Å². The molecule has 0 aliphatic heterocycles. The lowest BCUT2D eigenvalue weighted by Crippen LogP contribution is -2.08. The molecule has 0 heterocycles. The molecule has 82 valence electrons. The summed E-state index contributed by atoms with van der Waals surface area (Å²) in [6.07, 6.45) is 1.49. The number of carbonyl (C=O) groups is 1. The summed E-state index contributed by atoms with van der Waals surface area (Å²) in [7, 11) is 0. The van der Waals surface area contributed by atoms with Crippen LogP contribution in [0.15, 0.2) is 18.2 Å². The van der Waals surface area contributed by atoms with Gasteiger partial charge in [-0.3, -0.25) is 4.79 Å². The van der Waals surface area contributed by atoms with E-state index >= 15 is 0 Å². The second-order valence-corrected chi connectivity index (χ2v) is 4.43. The molecule has 0 aromatic heterocycles. The lowest BCUT2D eigenvalue weighted by atomic mass is 9.94. The zero-order valence-corrected chi connectivity index (χ0v) is 10.4. The van der Waals surface area contributed by atoms with E-state index in [2.05, 4.69) is 0 Å². The molecule has 0 fully saturated rings. The number of carbonyl (C=O) groups excluding carboxylic acids is 1. The van der Waals surface area contributed by atoms with Crippen LogP contribution in [0.4, 0.5) is 0 Å². The van der Waals surface area contributed by atoms with E-state index < -0.39 is 0 Å². The van der Waals surface area contributed by atoms with Gasteiger partial charge in [0.2, 0.25) is 0 Å². The molecule has 0 saturated heterocycles. The summed E-state index contributed by atoms with van der Waals surface area (Å²) in [5, 5.41) is 1.03. The van der Waals surface area contributed by atoms with Crippen LogP contribution in [0, 0.1) is 0 Å². The van der Waals surface area contributed by atoms with Gasteiger partial charge in [0.15, 0.2) is 0 Å². The molecule has 1 aromatic rings. The first-order chi connectivity index (χ1) is 7.06. The Kier molecular flexibility index (Phi) is 4.62. The molecule has 1 aromatic carbocycles. The summed E-state index contributed by atoms with van der Waals surface area (Å²) < 4.78 is 0. The van der Waals surface area contributed by atoms with Crippen molar-refractivity contribution in [1.82, 2.24) is 0 Å². The minimum Gasteiger partial charge on any atom is -0.299 e. The average Bonchev–Trinajstić information content (AvgIpc) is 2.21. The number of ketones is 1. The van der Waals surface area contributed by atoms with Crippen LogP contribution in [-0.2, 0) is 4.79 Å². The van der Waals surface area contributed by atoms with Crippen LogP contribution in [0.2, 0.25) is 10.0 Å². The molecule has 0 amide bonds. The monoisotopic (exact) mass is 244 g/mol. The van der Waals surface area contributed by atoms with E-state index in [4.69, 9.17) is 23.2 Å². The Balaban J connectivity index is 2.86. The zero-order valence-electron chi connectivity index (χ0n) is 8.89. The zero-order chi connectivity index (χ0) is 11.4. The van der Waals surface area contributed by atoms with Gasteiger partial charge in [-0.2, -0.15) is 0 Å². The van der Waals surface area contributed by atoms with E-state index in [9.17, 15) is 4.79 Å². The molecular formula is C12H14Cl2O. The fourth-order valence-corrected chi connectivity index (χ4v) is 1.74. The first-order valence-corrected chi connectivity index (χ1v) is 5.79. The third-order valence-corrected chi connectivity index (χ3v) is 3.16. The van der Waals surface area contributed by atoms with Crippen LogP contribution >= 0.6 is 23.2 Å². The normalized spacial score (nSPS) is 12.5. The maximum atomic E-state index is 11.7. The molecule has 0 spiro atoms. The summed E-state index contributed by atoms with van der Waals surface area (Å²) in [6.45, 7) is 3.90. The minimum atomic E-state index is -0.0975. The Labute approximate surface area is 100 Å². The van der Waals surface area contributed by atoms with Gasteiger partial charge in [0.05, 0.1) is 10.0 Å². The van der Waals surface area contributed by atoms with E-state index in [0.29, 0.717) is 16.5 Å². The maximum Gasteiger partial charge on any atom is 0.140 e. The Morgan fingerprint density at radius 3 is 2.53 bits per heavy atom. The van der Waals surface area contributed by atoms with Crippen molar-refractivity contribution < 1.29 is 4.79 Å². The standard InChI is InChI=1S/C12H14Cl2O/c1-3-4-12(15)8(2)9-5-6-10(13)11(14)7-9/h5-8H,3-4H2,1-2H3.